The third kappa shape index (κ3) is 2.08. The predicted molar refractivity (Wildman–Crippen MR) is 58.1 cm³/mol. The summed E-state index contributed by atoms with van der Waals surface area (Å²) >= 11 is 0. The lowest BCUT2D eigenvalue weighted by atomic mass is 9.98. The summed E-state index contributed by atoms with van der Waals surface area (Å²) in [5.74, 6) is 0.407. The van der Waals surface area contributed by atoms with Crippen molar-refractivity contribution < 1.29 is 4.79 Å². The maximum Gasteiger partial charge on any atom is 0.225 e. The molecule has 1 fully saturated rings. The molecule has 3 nitrogen and oxygen atoms in total. The summed E-state index contributed by atoms with van der Waals surface area (Å²) in [6.45, 7) is 7.94. The highest BCUT2D eigenvalue weighted by molar-refractivity contribution is 5.79. The molecule has 1 saturated heterocycles. The Morgan fingerprint density at radius 3 is 2.71 bits per heavy atom. The number of nitrogens with zero attached hydrogens (tertiary/aromatic N) is 1. The number of carbonyl (C=O) groups is 1. The molecule has 82 valence electrons. The molecule has 0 radical (unpaired) electrons. The molecule has 0 aromatic heterocycles. The van der Waals surface area contributed by atoms with E-state index in [4.69, 9.17) is 0 Å². The van der Waals surface area contributed by atoms with Gasteiger partial charge >= 0.3 is 0 Å². The van der Waals surface area contributed by atoms with Crippen molar-refractivity contribution >= 4 is 5.91 Å². The Labute approximate surface area is 86.9 Å². The maximum atomic E-state index is 11.9. The molecule has 3 heteroatoms. The lowest BCUT2D eigenvalue weighted by Crippen LogP contribution is -2.51. The second-order valence-corrected chi connectivity index (χ2v) is 4.78. The van der Waals surface area contributed by atoms with Gasteiger partial charge in [-0.25, -0.2) is 0 Å². The zero-order valence-corrected chi connectivity index (χ0v) is 9.76. The number of amides is 1. The molecule has 1 aliphatic heterocycles. The van der Waals surface area contributed by atoms with Gasteiger partial charge in [0, 0.05) is 19.0 Å². The van der Waals surface area contributed by atoms with E-state index in [-0.39, 0.29) is 11.5 Å². The van der Waals surface area contributed by atoms with Crippen LogP contribution in [0.2, 0.25) is 0 Å². The van der Waals surface area contributed by atoms with Gasteiger partial charge in [-0.05, 0) is 26.8 Å². The molecule has 0 aromatic carbocycles. The Morgan fingerprint density at radius 2 is 2.21 bits per heavy atom. The molecule has 14 heavy (non-hydrogen) atoms. The fourth-order valence-corrected chi connectivity index (χ4v) is 2.28. The van der Waals surface area contributed by atoms with Gasteiger partial charge in [0.2, 0.25) is 5.91 Å². The molecular formula is C11H22N2O. The predicted octanol–water partition coefficient (Wildman–Crippen LogP) is 1.24. The number of likely N-dealkylation sites (N-methyl/N-ethyl adjacent to an activating group) is 1. The van der Waals surface area contributed by atoms with Gasteiger partial charge in [-0.2, -0.15) is 0 Å². The van der Waals surface area contributed by atoms with Gasteiger partial charge in [-0.3, -0.25) is 4.79 Å². The van der Waals surface area contributed by atoms with Gasteiger partial charge in [-0.15, -0.1) is 0 Å². The van der Waals surface area contributed by atoms with E-state index in [0.29, 0.717) is 5.91 Å². The highest BCUT2D eigenvalue weighted by Crippen LogP contribution is 2.29. The van der Waals surface area contributed by atoms with E-state index in [1.54, 1.807) is 0 Å². The van der Waals surface area contributed by atoms with Gasteiger partial charge in [0.1, 0.15) is 0 Å². The first-order valence-corrected chi connectivity index (χ1v) is 5.47. The highest BCUT2D eigenvalue weighted by Gasteiger charge is 2.39. The number of likely N-dealkylation sites (tertiary alicyclic amines) is 1. The van der Waals surface area contributed by atoms with Crippen LogP contribution in [0.15, 0.2) is 0 Å². The number of hydrogen-bond acceptors (Lipinski definition) is 2. The first-order chi connectivity index (χ1) is 6.51. The van der Waals surface area contributed by atoms with Crippen LogP contribution >= 0.6 is 0 Å². The summed E-state index contributed by atoms with van der Waals surface area (Å²) in [5.41, 5.74) is 0.0378. The molecule has 1 N–H and O–H groups in total. The first kappa shape index (κ1) is 11.5. The van der Waals surface area contributed by atoms with Crippen molar-refractivity contribution in [3.05, 3.63) is 0 Å². The van der Waals surface area contributed by atoms with Crippen molar-refractivity contribution in [2.75, 3.05) is 20.1 Å². The zero-order chi connectivity index (χ0) is 10.8. The van der Waals surface area contributed by atoms with Crippen LogP contribution in [0.5, 0.6) is 0 Å². The Balaban J connectivity index is 2.72. The van der Waals surface area contributed by atoms with Crippen LogP contribution in [0.3, 0.4) is 0 Å². The topological polar surface area (TPSA) is 32.3 Å². The van der Waals surface area contributed by atoms with E-state index < -0.39 is 0 Å². The molecule has 1 rings (SSSR count). The largest absolute Gasteiger partial charge is 0.336 e. The van der Waals surface area contributed by atoms with Gasteiger partial charge in [-0.1, -0.05) is 13.8 Å². The van der Waals surface area contributed by atoms with Crippen LogP contribution in [-0.4, -0.2) is 36.5 Å². The van der Waals surface area contributed by atoms with Crippen LogP contribution in [-0.2, 0) is 4.79 Å². The number of hydrogen-bond donors (Lipinski definition) is 1. The van der Waals surface area contributed by atoms with Crippen molar-refractivity contribution in [2.24, 2.45) is 5.92 Å². The van der Waals surface area contributed by atoms with Gasteiger partial charge in [0.05, 0.1) is 5.54 Å². The minimum Gasteiger partial charge on any atom is -0.336 e. The van der Waals surface area contributed by atoms with E-state index in [9.17, 15) is 4.79 Å². The van der Waals surface area contributed by atoms with E-state index in [1.165, 1.54) is 0 Å². The molecule has 0 spiro atoms. The summed E-state index contributed by atoms with van der Waals surface area (Å²) < 4.78 is 0. The Morgan fingerprint density at radius 1 is 1.57 bits per heavy atom. The van der Waals surface area contributed by atoms with E-state index in [0.717, 1.165) is 25.9 Å². The second kappa shape index (κ2) is 4.30. The Hall–Kier alpha value is -0.570. The molecule has 0 aromatic rings. The van der Waals surface area contributed by atoms with E-state index in [1.807, 2.05) is 25.8 Å². The summed E-state index contributed by atoms with van der Waals surface area (Å²) in [5, 5.41) is 3.18. The molecule has 0 aliphatic carbocycles. The molecule has 1 heterocycles. The van der Waals surface area contributed by atoms with Crippen LogP contribution in [0.1, 0.15) is 33.6 Å². The summed E-state index contributed by atoms with van der Waals surface area (Å²) in [6, 6.07) is 0. The van der Waals surface area contributed by atoms with Crippen molar-refractivity contribution in [3.8, 4) is 0 Å². The monoisotopic (exact) mass is 198 g/mol. The molecular weight excluding hydrogens is 176 g/mol. The summed E-state index contributed by atoms with van der Waals surface area (Å²) in [6.07, 6.45) is 2.25. The van der Waals surface area contributed by atoms with Crippen molar-refractivity contribution in [2.45, 2.75) is 39.2 Å². The van der Waals surface area contributed by atoms with Gasteiger partial charge in [0.15, 0.2) is 0 Å². The number of nitrogens with one attached hydrogen (secondary N) is 1. The Bertz CT molecular complexity index is 215. The molecule has 1 atom stereocenters. The minimum atomic E-state index is 0.0378. The minimum absolute atomic E-state index is 0.0378. The molecule has 1 amide bonds. The van der Waals surface area contributed by atoms with Crippen LogP contribution in [0.25, 0.3) is 0 Å². The summed E-state index contributed by atoms with van der Waals surface area (Å²) in [4.78, 5) is 14.0. The van der Waals surface area contributed by atoms with E-state index >= 15 is 0 Å². The van der Waals surface area contributed by atoms with Crippen LogP contribution < -0.4 is 5.32 Å². The van der Waals surface area contributed by atoms with Crippen molar-refractivity contribution in [1.82, 2.24) is 10.2 Å². The Kier molecular flexibility index (Phi) is 3.53. The lowest BCUT2D eigenvalue weighted by molar-refractivity contribution is -0.138. The fourth-order valence-electron chi connectivity index (χ4n) is 2.28. The maximum absolute atomic E-state index is 11.9. The smallest absolute Gasteiger partial charge is 0.225 e. The SMILES string of the molecule is CNCC1(C)CCCN1C(=O)C(C)C. The molecule has 1 unspecified atom stereocenters. The summed E-state index contributed by atoms with van der Waals surface area (Å²) in [7, 11) is 1.95. The van der Waals surface area contributed by atoms with Gasteiger partial charge < -0.3 is 10.2 Å². The number of rotatable bonds is 3. The molecule has 1 aliphatic rings. The van der Waals surface area contributed by atoms with Crippen molar-refractivity contribution in [3.63, 3.8) is 0 Å². The van der Waals surface area contributed by atoms with Gasteiger partial charge in [0.25, 0.3) is 0 Å². The first-order valence-electron chi connectivity index (χ1n) is 5.47. The normalized spacial score (nSPS) is 27.4. The van der Waals surface area contributed by atoms with Crippen molar-refractivity contribution in [1.29, 1.82) is 0 Å². The second-order valence-electron chi connectivity index (χ2n) is 4.78. The zero-order valence-electron chi connectivity index (χ0n) is 9.76. The quantitative estimate of drug-likeness (QED) is 0.740. The fraction of sp³-hybridized carbons (Fsp3) is 0.909. The third-order valence-electron chi connectivity index (χ3n) is 3.07. The van der Waals surface area contributed by atoms with Crippen LogP contribution in [0.4, 0.5) is 0 Å². The van der Waals surface area contributed by atoms with Crippen LogP contribution in [0, 0.1) is 5.92 Å². The lowest BCUT2D eigenvalue weighted by Gasteiger charge is -2.36. The highest BCUT2D eigenvalue weighted by atomic mass is 16.2. The molecule has 0 bridgehead atoms. The standard InChI is InChI=1S/C11H22N2O/c1-9(2)10(14)13-7-5-6-11(13,3)8-12-4/h9,12H,5-8H2,1-4H3. The van der Waals surface area contributed by atoms with E-state index in [2.05, 4.69) is 12.2 Å². The average molecular weight is 198 g/mol. The molecule has 0 saturated carbocycles. The average Bonchev–Trinajstić information content (AvgIpc) is 2.46. The third-order valence-corrected chi connectivity index (χ3v) is 3.07. The number of carbonyl (C=O) groups excluding carboxylic acids is 1.